The monoisotopic (exact) mass is 325 g/mol. The van der Waals surface area contributed by atoms with Crippen LogP contribution in [-0.2, 0) is 0 Å². The van der Waals surface area contributed by atoms with Crippen molar-refractivity contribution in [3.63, 3.8) is 0 Å². The first-order valence-electron chi connectivity index (χ1n) is 7.01. The molecule has 0 bridgehead atoms. The number of para-hydroxylation sites is 2. The summed E-state index contributed by atoms with van der Waals surface area (Å²) in [5.41, 5.74) is 7.37. The van der Waals surface area contributed by atoms with E-state index in [-0.39, 0.29) is 11.3 Å². The van der Waals surface area contributed by atoms with E-state index >= 15 is 0 Å². The maximum atomic E-state index is 12.1. The number of benzene rings is 2. The molecular weight excluding hydrogens is 310 g/mol. The Morgan fingerprint density at radius 1 is 1.09 bits per heavy atom. The zero-order valence-corrected chi connectivity index (χ0v) is 13.2. The highest BCUT2D eigenvalue weighted by Crippen LogP contribution is 2.38. The van der Waals surface area contributed by atoms with Crippen molar-refractivity contribution in [2.24, 2.45) is 4.99 Å². The third kappa shape index (κ3) is 3.37. The maximum Gasteiger partial charge on any atom is 0.273 e. The summed E-state index contributed by atoms with van der Waals surface area (Å²) in [4.78, 5) is 18.4. The second-order valence-corrected chi connectivity index (χ2v) is 6.00. The van der Waals surface area contributed by atoms with Gasteiger partial charge >= 0.3 is 0 Å². The van der Waals surface area contributed by atoms with Gasteiger partial charge in [0.15, 0.2) is 0 Å². The van der Waals surface area contributed by atoms with Crippen molar-refractivity contribution in [3.8, 4) is 5.75 Å². The Balaban J connectivity index is 1.70. The van der Waals surface area contributed by atoms with E-state index in [0.717, 1.165) is 21.2 Å². The van der Waals surface area contributed by atoms with E-state index in [0.29, 0.717) is 0 Å². The largest absolute Gasteiger partial charge is 0.507 e. The lowest BCUT2D eigenvalue weighted by Crippen LogP contribution is -2.36. The molecule has 1 aliphatic rings. The molecule has 3 N–H and O–H groups in total. The molecule has 1 aliphatic heterocycles. The fourth-order valence-corrected chi connectivity index (χ4v) is 2.96. The first-order valence-corrected chi connectivity index (χ1v) is 7.83. The second kappa shape index (κ2) is 6.58. The van der Waals surface area contributed by atoms with Gasteiger partial charge in [-0.2, -0.15) is 0 Å². The van der Waals surface area contributed by atoms with E-state index < -0.39 is 5.91 Å². The van der Waals surface area contributed by atoms with Crippen molar-refractivity contribution in [2.45, 2.75) is 11.8 Å². The number of carbonyl (C=O) groups excluding carboxylic acids is 1. The molecule has 0 atom stereocenters. The number of aliphatic imine (C=N–C) groups is 1. The number of nitrogens with one attached hydrogen (secondary N) is 2. The summed E-state index contributed by atoms with van der Waals surface area (Å²) in [5, 5.41) is 9.68. The summed E-state index contributed by atoms with van der Waals surface area (Å²) in [7, 11) is 0. The summed E-state index contributed by atoms with van der Waals surface area (Å²) >= 11 is 1.58. The van der Waals surface area contributed by atoms with E-state index in [1.807, 2.05) is 31.2 Å². The third-order valence-corrected chi connectivity index (χ3v) is 4.48. The summed E-state index contributed by atoms with van der Waals surface area (Å²) in [6.45, 7) is 1.85. The molecule has 2 aromatic carbocycles. The molecule has 0 spiro atoms. The molecule has 0 saturated carbocycles. The predicted molar refractivity (Wildman–Crippen MR) is 91.9 cm³/mol. The van der Waals surface area contributed by atoms with Crippen LogP contribution in [0.1, 0.15) is 17.3 Å². The predicted octanol–water partition coefficient (Wildman–Crippen LogP) is 3.37. The zero-order valence-electron chi connectivity index (χ0n) is 12.4. The van der Waals surface area contributed by atoms with Crippen molar-refractivity contribution in [1.82, 2.24) is 10.9 Å². The number of hydrogen-bond acceptors (Lipinski definition) is 5. The fourth-order valence-electron chi connectivity index (χ4n) is 2.04. The highest BCUT2D eigenvalue weighted by Gasteiger charge is 2.13. The molecule has 23 heavy (non-hydrogen) atoms. The number of carbonyl (C=O) groups is 1. The topological polar surface area (TPSA) is 73.7 Å². The number of rotatable bonds is 3. The number of hydrogen-bond donors (Lipinski definition) is 3. The molecule has 2 aromatic rings. The van der Waals surface area contributed by atoms with E-state index in [1.165, 1.54) is 6.07 Å². The normalized spacial score (nSPS) is 14.8. The van der Waals surface area contributed by atoms with Crippen LogP contribution >= 0.6 is 11.8 Å². The standard InChI is InChI=1S/C17H15N3O2S/c1-11(16-10-18-13-7-3-5-9-15(13)23-16)19-20-17(22)12-6-2-4-8-14(12)21/h2-10,19,21H,1H3,(H,20,22). The van der Waals surface area contributed by atoms with Gasteiger partial charge in [-0.25, -0.2) is 0 Å². The average Bonchev–Trinajstić information content (AvgIpc) is 2.59. The van der Waals surface area contributed by atoms with Gasteiger partial charge in [0.2, 0.25) is 0 Å². The van der Waals surface area contributed by atoms with Gasteiger partial charge in [-0.05, 0) is 31.2 Å². The summed E-state index contributed by atoms with van der Waals surface area (Å²) in [6, 6.07) is 14.3. The first-order chi connectivity index (χ1) is 11.1. The number of thioether (sulfide) groups is 1. The number of phenolic OH excluding ortho intramolecular Hbond substituents is 1. The molecule has 3 rings (SSSR count). The van der Waals surface area contributed by atoms with Gasteiger partial charge in [0, 0.05) is 16.8 Å². The smallest absolute Gasteiger partial charge is 0.273 e. The van der Waals surface area contributed by atoms with Gasteiger partial charge in [-0.3, -0.25) is 15.2 Å². The Hall–Kier alpha value is -2.73. The van der Waals surface area contributed by atoms with E-state index in [2.05, 4.69) is 15.8 Å². The van der Waals surface area contributed by atoms with E-state index in [9.17, 15) is 9.90 Å². The van der Waals surface area contributed by atoms with Crippen molar-refractivity contribution in [2.75, 3.05) is 0 Å². The van der Waals surface area contributed by atoms with Gasteiger partial charge in [0.25, 0.3) is 5.91 Å². The number of fused-ring (bicyclic) bond motifs is 1. The van der Waals surface area contributed by atoms with Crippen LogP contribution < -0.4 is 10.9 Å². The highest BCUT2D eigenvalue weighted by molar-refractivity contribution is 8.04. The van der Waals surface area contributed by atoms with Crippen LogP contribution in [-0.4, -0.2) is 17.2 Å². The summed E-state index contributed by atoms with van der Waals surface area (Å²) < 4.78 is 0. The molecule has 0 aromatic heterocycles. The Labute approximate surface area is 138 Å². The molecule has 116 valence electrons. The van der Waals surface area contributed by atoms with Crippen LogP contribution in [0.5, 0.6) is 5.75 Å². The Morgan fingerprint density at radius 3 is 2.65 bits per heavy atom. The molecule has 0 saturated heterocycles. The summed E-state index contributed by atoms with van der Waals surface area (Å²) in [6.07, 6.45) is 1.77. The van der Waals surface area contributed by atoms with Crippen LogP contribution in [0, 0.1) is 0 Å². The number of hydrazine groups is 1. The zero-order chi connectivity index (χ0) is 16.2. The molecule has 6 heteroatoms. The van der Waals surface area contributed by atoms with Crippen molar-refractivity contribution in [3.05, 3.63) is 64.7 Å². The van der Waals surface area contributed by atoms with Gasteiger partial charge in [-0.1, -0.05) is 36.0 Å². The molecule has 1 amide bonds. The van der Waals surface area contributed by atoms with Crippen LogP contribution in [0.2, 0.25) is 0 Å². The van der Waals surface area contributed by atoms with Crippen molar-refractivity contribution >= 4 is 29.6 Å². The minimum absolute atomic E-state index is 0.0559. The molecule has 1 heterocycles. The maximum absolute atomic E-state index is 12.1. The lowest BCUT2D eigenvalue weighted by Gasteiger charge is -2.16. The highest BCUT2D eigenvalue weighted by atomic mass is 32.2. The first kappa shape index (κ1) is 15.2. The summed E-state index contributed by atoms with van der Waals surface area (Å²) in [5.74, 6) is -0.458. The van der Waals surface area contributed by atoms with Crippen molar-refractivity contribution < 1.29 is 9.90 Å². The Bertz CT molecular complexity index is 815. The fraction of sp³-hybridized carbons (Fsp3) is 0.0588. The number of nitrogens with zero attached hydrogens (tertiary/aromatic N) is 1. The average molecular weight is 325 g/mol. The lowest BCUT2D eigenvalue weighted by molar-refractivity contribution is 0.0936. The third-order valence-electron chi connectivity index (χ3n) is 3.29. The van der Waals surface area contributed by atoms with Gasteiger partial charge in [0.05, 0.1) is 16.2 Å². The van der Waals surface area contributed by atoms with Crippen LogP contribution in [0.25, 0.3) is 0 Å². The SMILES string of the molecule is CC(NNC(=O)c1ccccc1O)=C1C=Nc2ccccc2S1. The Kier molecular flexibility index (Phi) is 4.34. The second-order valence-electron chi connectivity index (χ2n) is 4.91. The number of amides is 1. The minimum Gasteiger partial charge on any atom is -0.507 e. The van der Waals surface area contributed by atoms with Gasteiger partial charge < -0.3 is 10.5 Å². The molecule has 0 radical (unpaired) electrons. The number of allylic oxidation sites excluding steroid dienone is 2. The van der Waals surface area contributed by atoms with Crippen LogP contribution in [0.3, 0.4) is 0 Å². The van der Waals surface area contributed by atoms with Gasteiger partial charge in [-0.15, -0.1) is 0 Å². The van der Waals surface area contributed by atoms with Crippen LogP contribution in [0.15, 0.2) is 69.0 Å². The lowest BCUT2D eigenvalue weighted by atomic mass is 10.2. The van der Waals surface area contributed by atoms with Gasteiger partial charge in [0.1, 0.15) is 5.75 Å². The molecule has 0 fully saturated rings. The van der Waals surface area contributed by atoms with E-state index in [4.69, 9.17) is 0 Å². The van der Waals surface area contributed by atoms with Crippen molar-refractivity contribution in [1.29, 1.82) is 0 Å². The van der Waals surface area contributed by atoms with Crippen LogP contribution in [0.4, 0.5) is 5.69 Å². The number of phenols is 1. The number of aromatic hydroxyl groups is 1. The molecular formula is C17H15N3O2S. The quantitative estimate of drug-likeness (QED) is 0.757. The minimum atomic E-state index is -0.402. The Morgan fingerprint density at radius 2 is 1.83 bits per heavy atom. The molecule has 0 unspecified atom stereocenters. The molecule has 5 nitrogen and oxygen atoms in total. The van der Waals surface area contributed by atoms with E-state index in [1.54, 1.807) is 36.2 Å². The molecule has 0 aliphatic carbocycles.